The number of benzene rings is 4. The monoisotopic (exact) mass is 658 g/mol. The van der Waals surface area contributed by atoms with Gasteiger partial charge in [0.25, 0.3) is 0 Å². The maximum absolute atomic E-state index is 2.48. The molecule has 0 unspecified atom stereocenters. The SMILES string of the molecule is C[N+](C)(C)CC12c3ccccc3C(c3ccccc31)C1c3ccccc3C2(C[N+](C)(C)C)c2ccccc21.[Br-].[Br-]. The lowest BCUT2D eigenvalue weighted by atomic mass is 9.40. The number of nitrogens with zero attached hydrogens (tertiary/aromatic N) is 2. The van der Waals surface area contributed by atoms with Gasteiger partial charge in [-0.1, -0.05) is 97.1 Å². The van der Waals surface area contributed by atoms with Crippen LogP contribution < -0.4 is 34.0 Å². The van der Waals surface area contributed by atoms with E-state index in [9.17, 15) is 0 Å². The Balaban J connectivity index is 0.00000161. The second-order valence-corrected chi connectivity index (χ2v) is 14.0. The lowest BCUT2D eigenvalue weighted by Crippen LogP contribution is -3.00. The van der Waals surface area contributed by atoms with Gasteiger partial charge in [-0.2, -0.15) is 0 Å². The molecule has 208 valence electrons. The Morgan fingerprint density at radius 1 is 0.425 bits per heavy atom. The van der Waals surface area contributed by atoms with Gasteiger partial charge in [-0.15, -0.1) is 0 Å². The third-order valence-electron chi connectivity index (χ3n) is 9.51. The zero-order chi connectivity index (χ0) is 26.5. The molecule has 10 rings (SSSR count). The van der Waals surface area contributed by atoms with E-state index in [0.717, 1.165) is 22.1 Å². The summed E-state index contributed by atoms with van der Waals surface area (Å²) in [6, 6.07) is 38.0. The van der Waals surface area contributed by atoms with Gasteiger partial charge < -0.3 is 42.9 Å². The van der Waals surface area contributed by atoms with E-state index in [0.29, 0.717) is 11.8 Å². The minimum Gasteiger partial charge on any atom is -1.00 e. The van der Waals surface area contributed by atoms with Crippen molar-refractivity contribution in [3.63, 3.8) is 0 Å². The van der Waals surface area contributed by atoms with Crippen molar-refractivity contribution >= 4 is 0 Å². The summed E-state index contributed by atoms with van der Waals surface area (Å²) >= 11 is 0. The summed E-state index contributed by atoms with van der Waals surface area (Å²) in [5, 5.41) is 0. The number of quaternary nitrogens is 2. The molecule has 0 radical (unpaired) electrons. The Bertz CT molecular complexity index is 1360. The third kappa shape index (κ3) is 3.79. The molecule has 4 bridgehead atoms. The molecule has 6 aliphatic rings. The number of likely N-dealkylation sites (N-methyl/N-ethyl adjacent to an activating group) is 2. The molecule has 0 saturated heterocycles. The van der Waals surface area contributed by atoms with Gasteiger partial charge in [0.15, 0.2) is 0 Å². The first-order valence-corrected chi connectivity index (χ1v) is 14.1. The molecule has 0 aromatic heterocycles. The van der Waals surface area contributed by atoms with E-state index in [2.05, 4.69) is 139 Å². The molecule has 6 aliphatic carbocycles. The standard InChI is InChI=1S/C36H40N2.2BrH/c1-37(2,3)23-35-29-19-11-7-15-25(29)33(26-16-8-12-20-30(26)35)34-27-17-9-13-21-31(27)36(35,24-38(4,5)6)32-22-14-10-18-28(32)34;;/h7-22,33-34H,23-24H2,1-6H3;2*1H/q+2;;/p-2. The van der Waals surface area contributed by atoms with Crippen LogP contribution in [0, 0.1) is 0 Å². The zero-order valence-electron chi connectivity index (χ0n) is 24.5. The minimum absolute atomic E-state index is 0. The first kappa shape index (κ1) is 29.3. The molecule has 40 heavy (non-hydrogen) atoms. The topological polar surface area (TPSA) is 0 Å². The molecule has 4 aromatic carbocycles. The summed E-state index contributed by atoms with van der Waals surface area (Å²) in [7, 11) is 14.3. The van der Waals surface area contributed by atoms with Crippen molar-refractivity contribution in [2.75, 3.05) is 55.4 Å². The van der Waals surface area contributed by atoms with Gasteiger partial charge in [0.05, 0.1) is 66.2 Å². The zero-order valence-corrected chi connectivity index (χ0v) is 27.6. The molecule has 4 aromatic rings. The van der Waals surface area contributed by atoms with Gasteiger partial charge in [0, 0.05) is 11.8 Å². The quantitative estimate of drug-likeness (QED) is 0.277. The molecule has 0 saturated carbocycles. The second kappa shape index (κ2) is 9.66. The van der Waals surface area contributed by atoms with E-state index < -0.39 is 0 Å². The number of hydrogen-bond donors (Lipinski definition) is 0. The van der Waals surface area contributed by atoms with Crippen LogP contribution in [0.4, 0.5) is 0 Å². The summed E-state index contributed by atoms with van der Waals surface area (Å²) in [5.41, 5.74) is 11.8. The van der Waals surface area contributed by atoms with E-state index in [1.165, 1.54) is 22.3 Å². The van der Waals surface area contributed by atoms with Crippen molar-refractivity contribution in [3.8, 4) is 0 Å². The van der Waals surface area contributed by atoms with Crippen molar-refractivity contribution in [2.45, 2.75) is 22.7 Å². The molecule has 4 heteroatoms. The molecule has 0 aliphatic heterocycles. The van der Waals surface area contributed by atoms with Crippen molar-refractivity contribution in [2.24, 2.45) is 0 Å². The van der Waals surface area contributed by atoms with Crippen LogP contribution in [0.25, 0.3) is 0 Å². The van der Waals surface area contributed by atoms with Crippen LogP contribution in [0.5, 0.6) is 0 Å². The van der Waals surface area contributed by atoms with Gasteiger partial charge in [-0.3, -0.25) is 0 Å². The van der Waals surface area contributed by atoms with Crippen LogP contribution >= 0.6 is 0 Å². The van der Waals surface area contributed by atoms with E-state index in [-0.39, 0.29) is 44.8 Å². The number of rotatable bonds is 4. The molecular weight excluding hydrogens is 620 g/mol. The summed E-state index contributed by atoms with van der Waals surface area (Å²) in [4.78, 5) is 0. The van der Waals surface area contributed by atoms with Gasteiger partial charge >= 0.3 is 0 Å². The number of halogens is 2. The van der Waals surface area contributed by atoms with Crippen molar-refractivity contribution in [3.05, 3.63) is 142 Å². The average Bonchev–Trinajstić information content (AvgIpc) is 2.87. The van der Waals surface area contributed by atoms with Crippen molar-refractivity contribution in [1.29, 1.82) is 0 Å². The molecule has 0 atom stereocenters. The second-order valence-electron chi connectivity index (χ2n) is 14.0. The lowest BCUT2D eigenvalue weighted by Gasteiger charge is -2.63. The van der Waals surface area contributed by atoms with Gasteiger partial charge in [0.1, 0.15) is 0 Å². The summed E-state index contributed by atoms with van der Waals surface area (Å²) in [5.74, 6) is 0.598. The Kier molecular flexibility index (Phi) is 7.07. The van der Waals surface area contributed by atoms with Gasteiger partial charge in [-0.05, 0) is 44.5 Å². The van der Waals surface area contributed by atoms with Crippen molar-refractivity contribution in [1.82, 2.24) is 0 Å². The first-order valence-electron chi connectivity index (χ1n) is 14.1. The maximum atomic E-state index is 2.48. The Morgan fingerprint density at radius 2 is 0.650 bits per heavy atom. The predicted molar refractivity (Wildman–Crippen MR) is 157 cm³/mol. The predicted octanol–water partition coefficient (Wildman–Crippen LogP) is 0.284. The largest absolute Gasteiger partial charge is 1.00 e. The fourth-order valence-corrected chi connectivity index (χ4v) is 8.92. The molecule has 0 fully saturated rings. The van der Waals surface area contributed by atoms with Gasteiger partial charge in [0.2, 0.25) is 0 Å². The summed E-state index contributed by atoms with van der Waals surface area (Å²) in [6.07, 6.45) is 0. The summed E-state index contributed by atoms with van der Waals surface area (Å²) < 4.78 is 1.78. The van der Waals surface area contributed by atoms with E-state index in [4.69, 9.17) is 0 Å². The highest BCUT2D eigenvalue weighted by Crippen LogP contribution is 2.69. The normalized spacial score (nSPS) is 25.2. The lowest BCUT2D eigenvalue weighted by molar-refractivity contribution is -0.883. The Morgan fingerprint density at radius 3 is 0.875 bits per heavy atom. The van der Waals surface area contributed by atoms with Crippen molar-refractivity contribution < 1.29 is 42.9 Å². The maximum Gasteiger partial charge on any atom is 0.0934 e. The molecular formula is C36H40Br2N2. The molecule has 0 heterocycles. The molecule has 0 spiro atoms. The number of hydrogen-bond acceptors (Lipinski definition) is 0. The summed E-state index contributed by atoms with van der Waals surface area (Å²) in [6.45, 7) is 2.03. The highest BCUT2D eigenvalue weighted by Gasteiger charge is 2.68. The van der Waals surface area contributed by atoms with Crippen LogP contribution in [0.3, 0.4) is 0 Å². The Hall–Kier alpha value is -2.24. The van der Waals surface area contributed by atoms with Crippen LogP contribution in [0.1, 0.15) is 56.3 Å². The van der Waals surface area contributed by atoms with E-state index in [1.807, 2.05) is 0 Å². The minimum atomic E-state index is -0.238. The average molecular weight is 661 g/mol. The highest BCUT2D eigenvalue weighted by molar-refractivity contribution is 5.73. The van der Waals surface area contributed by atoms with Crippen LogP contribution in [-0.4, -0.2) is 64.3 Å². The molecule has 0 amide bonds. The third-order valence-corrected chi connectivity index (χ3v) is 9.51. The van der Waals surface area contributed by atoms with Crippen LogP contribution in [0.15, 0.2) is 97.1 Å². The van der Waals surface area contributed by atoms with Crippen LogP contribution in [-0.2, 0) is 10.8 Å². The van der Waals surface area contributed by atoms with E-state index >= 15 is 0 Å². The smallest absolute Gasteiger partial charge is 0.0934 e. The molecule has 0 N–H and O–H groups in total. The van der Waals surface area contributed by atoms with E-state index in [1.54, 1.807) is 22.3 Å². The fourth-order valence-electron chi connectivity index (χ4n) is 8.92. The molecule has 2 nitrogen and oxygen atoms in total. The van der Waals surface area contributed by atoms with Gasteiger partial charge in [-0.25, -0.2) is 0 Å². The first-order chi connectivity index (χ1) is 18.1. The highest BCUT2D eigenvalue weighted by atomic mass is 79.9. The Labute approximate surface area is 261 Å². The fraction of sp³-hybridized carbons (Fsp3) is 0.333. The van der Waals surface area contributed by atoms with Crippen LogP contribution in [0.2, 0.25) is 0 Å².